The van der Waals surface area contributed by atoms with Gasteiger partial charge in [0.15, 0.2) is 0 Å². The number of hydrogen-bond donors (Lipinski definition) is 1. The van der Waals surface area contributed by atoms with Gasteiger partial charge in [-0.25, -0.2) is 0 Å². The van der Waals surface area contributed by atoms with Gasteiger partial charge >= 0.3 is 5.97 Å². The summed E-state index contributed by atoms with van der Waals surface area (Å²) in [5, 5.41) is 0. The van der Waals surface area contributed by atoms with Gasteiger partial charge in [0.2, 0.25) is 0 Å². The Bertz CT molecular complexity index is 373. The summed E-state index contributed by atoms with van der Waals surface area (Å²) in [7, 11) is 0. The van der Waals surface area contributed by atoms with E-state index < -0.39 is 5.54 Å². The van der Waals surface area contributed by atoms with Crippen LogP contribution in [0.1, 0.15) is 66.7 Å². The third kappa shape index (κ3) is 1.93. The van der Waals surface area contributed by atoms with Crippen LogP contribution in [-0.2, 0) is 9.53 Å². The van der Waals surface area contributed by atoms with E-state index in [0.29, 0.717) is 18.8 Å². The molecule has 2 aliphatic carbocycles. The Morgan fingerprint density at radius 1 is 1.32 bits per heavy atom. The second kappa shape index (κ2) is 4.47. The number of ether oxygens (including phenoxy) is 1. The first kappa shape index (κ1) is 14.8. The van der Waals surface area contributed by atoms with Crippen LogP contribution in [0.25, 0.3) is 0 Å². The van der Waals surface area contributed by atoms with Crippen LogP contribution in [0, 0.1) is 16.7 Å². The second-order valence-corrected chi connectivity index (χ2v) is 7.37. The van der Waals surface area contributed by atoms with Crippen molar-refractivity contribution in [2.45, 2.75) is 78.4 Å². The van der Waals surface area contributed by atoms with Crippen LogP contribution in [0.3, 0.4) is 0 Å². The van der Waals surface area contributed by atoms with Gasteiger partial charge in [-0.3, -0.25) is 4.79 Å². The summed E-state index contributed by atoms with van der Waals surface area (Å²) in [4.78, 5) is 12.4. The number of rotatable bonds is 4. The summed E-state index contributed by atoms with van der Waals surface area (Å²) in [6.07, 6.45) is 4.77. The molecule has 0 saturated heterocycles. The fraction of sp³-hybridized carbons (Fsp3) is 0.938. The van der Waals surface area contributed by atoms with E-state index in [4.69, 9.17) is 10.5 Å². The molecular weight excluding hydrogens is 238 g/mol. The minimum atomic E-state index is -0.803. The molecule has 3 atom stereocenters. The largest absolute Gasteiger partial charge is 0.460 e. The van der Waals surface area contributed by atoms with Gasteiger partial charge in [-0.1, -0.05) is 34.6 Å². The molecule has 2 saturated carbocycles. The third-order valence-electron chi connectivity index (χ3n) is 6.63. The first-order valence-corrected chi connectivity index (χ1v) is 7.71. The van der Waals surface area contributed by atoms with Crippen molar-refractivity contribution >= 4 is 5.97 Å². The molecule has 2 fully saturated rings. The molecule has 0 aliphatic heterocycles. The van der Waals surface area contributed by atoms with Crippen molar-refractivity contribution in [1.29, 1.82) is 0 Å². The minimum absolute atomic E-state index is 0.0507. The lowest BCUT2D eigenvalue weighted by atomic mass is 9.70. The van der Waals surface area contributed by atoms with Crippen molar-refractivity contribution in [2.75, 3.05) is 0 Å². The average molecular weight is 267 g/mol. The van der Waals surface area contributed by atoms with Gasteiger partial charge < -0.3 is 10.5 Å². The maximum absolute atomic E-state index is 12.4. The molecule has 0 spiro atoms. The van der Waals surface area contributed by atoms with E-state index >= 15 is 0 Å². The monoisotopic (exact) mass is 267 g/mol. The van der Waals surface area contributed by atoms with Gasteiger partial charge in [-0.05, 0) is 43.4 Å². The number of fused-ring (bicyclic) bond motifs is 2. The normalized spacial score (nSPS) is 36.5. The Labute approximate surface area is 117 Å². The van der Waals surface area contributed by atoms with Crippen molar-refractivity contribution in [3.05, 3.63) is 0 Å². The quantitative estimate of drug-likeness (QED) is 0.795. The zero-order chi connectivity index (χ0) is 14.5. The summed E-state index contributed by atoms with van der Waals surface area (Å²) in [5.41, 5.74) is 5.74. The van der Waals surface area contributed by atoms with Gasteiger partial charge in [-0.15, -0.1) is 0 Å². The Morgan fingerprint density at radius 3 is 2.26 bits per heavy atom. The maximum atomic E-state index is 12.4. The van der Waals surface area contributed by atoms with Gasteiger partial charge in [0.05, 0.1) is 0 Å². The lowest BCUT2D eigenvalue weighted by Gasteiger charge is -2.39. The standard InChI is InChI=1S/C16H29NO2/c1-6-16(17,7-2)13(18)19-12-10-11-8-9-15(12,5)14(11,3)4/h11-12H,6-10,17H2,1-5H3. The molecule has 0 aromatic rings. The van der Waals surface area contributed by atoms with E-state index in [1.807, 2.05) is 13.8 Å². The summed E-state index contributed by atoms with van der Waals surface area (Å²) < 4.78 is 5.87. The van der Waals surface area contributed by atoms with E-state index in [9.17, 15) is 4.79 Å². The molecule has 3 heteroatoms. The molecule has 2 aliphatic rings. The van der Waals surface area contributed by atoms with Gasteiger partial charge in [-0.2, -0.15) is 0 Å². The zero-order valence-electron chi connectivity index (χ0n) is 13.1. The van der Waals surface area contributed by atoms with Crippen LogP contribution in [0.5, 0.6) is 0 Å². The molecule has 3 unspecified atom stereocenters. The topological polar surface area (TPSA) is 52.3 Å². The van der Waals surface area contributed by atoms with E-state index in [2.05, 4.69) is 20.8 Å². The SMILES string of the molecule is CCC(N)(CC)C(=O)OC1CC2CCC1(C)C2(C)C. The minimum Gasteiger partial charge on any atom is -0.460 e. The summed E-state index contributed by atoms with van der Waals surface area (Å²) in [5.74, 6) is 0.484. The first-order chi connectivity index (χ1) is 8.71. The number of esters is 1. The smallest absolute Gasteiger partial charge is 0.326 e. The molecule has 110 valence electrons. The van der Waals surface area contributed by atoms with Crippen molar-refractivity contribution < 1.29 is 9.53 Å². The molecule has 0 amide bonds. The third-order valence-corrected chi connectivity index (χ3v) is 6.63. The Hall–Kier alpha value is -0.570. The summed E-state index contributed by atoms with van der Waals surface area (Å²) >= 11 is 0. The predicted molar refractivity (Wildman–Crippen MR) is 76.6 cm³/mol. The highest BCUT2D eigenvalue weighted by atomic mass is 16.5. The number of hydrogen-bond acceptors (Lipinski definition) is 3. The van der Waals surface area contributed by atoms with Crippen LogP contribution < -0.4 is 5.73 Å². The first-order valence-electron chi connectivity index (χ1n) is 7.71. The van der Waals surface area contributed by atoms with Crippen molar-refractivity contribution in [3.63, 3.8) is 0 Å². The lowest BCUT2D eigenvalue weighted by Crippen LogP contribution is -2.51. The highest BCUT2D eigenvalue weighted by Crippen LogP contribution is 2.66. The van der Waals surface area contributed by atoms with Crippen LogP contribution >= 0.6 is 0 Å². The fourth-order valence-corrected chi connectivity index (χ4v) is 4.09. The Balaban J connectivity index is 2.12. The fourth-order valence-electron chi connectivity index (χ4n) is 4.09. The van der Waals surface area contributed by atoms with Crippen LogP contribution in [0.4, 0.5) is 0 Å². The average Bonchev–Trinajstić information content (AvgIpc) is 2.70. The van der Waals surface area contributed by atoms with Crippen molar-refractivity contribution in [3.8, 4) is 0 Å². The van der Waals surface area contributed by atoms with Crippen LogP contribution in [0.15, 0.2) is 0 Å². The Morgan fingerprint density at radius 2 is 1.89 bits per heavy atom. The summed E-state index contributed by atoms with van der Waals surface area (Å²) in [6, 6.07) is 0. The van der Waals surface area contributed by atoms with Crippen LogP contribution in [0.2, 0.25) is 0 Å². The van der Waals surface area contributed by atoms with E-state index in [0.717, 1.165) is 6.42 Å². The number of carbonyl (C=O) groups excluding carboxylic acids is 1. The van der Waals surface area contributed by atoms with Crippen molar-refractivity contribution in [1.82, 2.24) is 0 Å². The van der Waals surface area contributed by atoms with Crippen molar-refractivity contribution in [2.24, 2.45) is 22.5 Å². The van der Waals surface area contributed by atoms with E-state index in [1.54, 1.807) is 0 Å². The highest BCUT2D eigenvalue weighted by molar-refractivity contribution is 5.80. The molecule has 2 bridgehead atoms. The zero-order valence-corrected chi connectivity index (χ0v) is 13.1. The van der Waals surface area contributed by atoms with Gasteiger partial charge in [0.25, 0.3) is 0 Å². The molecule has 2 rings (SSSR count). The van der Waals surface area contributed by atoms with Crippen LogP contribution in [-0.4, -0.2) is 17.6 Å². The van der Waals surface area contributed by atoms with Gasteiger partial charge in [0.1, 0.15) is 11.6 Å². The molecule has 2 N–H and O–H groups in total. The Kier molecular flexibility index (Phi) is 3.49. The second-order valence-electron chi connectivity index (χ2n) is 7.37. The molecule has 19 heavy (non-hydrogen) atoms. The predicted octanol–water partition coefficient (Wildman–Crippen LogP) is 3.26. The molecule has 0 aromatic heterocycles. The van der Waals surface area contributed by atoms with Gasteiger partial charge in [0, 0.05) is 5.41 Å². The van der Waals surface area contributed by atoms with E-state index in [-0.39, 0.29) is 22.9 Å². The van der Waals surface area contributed by atoms with E-state index in [1.165, 1.54) is 12.8 Å². The molecular formula is C16H29NO2. The molecule has 0 radical (unpaired) electrons. The molecule has 0 aromatic carbocycles. The maximum Gasteiger partial charge on any atom is 0.326 e. The number of carbonyl (C=O) groups is 1. The number of nitrogens with two attached hydrogens (primary N) is 1. The molecule has 3 nitrogen and oxygen atoms in total. The lowest BCUT2D eigenvalue weighted by molar-refractivity contribution is -0.163. The highest BCUT2D eigenvalue weighted by Gasteiger charge is 2.63. The molecule has 0 heterocycles. The summed E-state index contributed by atoms with van der Waals surface area (Å²) in [6.45, 7) is 10.9.